The molecule has 23 nitrogen and oxygen atoms in total. The molecule has 2 aromatic rings. The van der Waals surface area contributed by atoms with Gasteiger partial charge in [-0.2, -0.15) is 0 Å². The van der Waals surface area contributed by atoms with Crippen LogP contribution in [0.2, 0.25) is 0 Å². The summed E-state index contributed by atoms with van der Waals surface area (Å²) >= 11 is 0. The maximum absolute atomic E-state index is 15.5. The molecule has 1 saturated carbocycles. The number of aliphatic imine (C=N–C) groups is 1. The summed E-state index contributed by atoms with van der Waals surface area (Å²) in [5.41, 5.74) is 23.4. The van der Waals surface area contributed by atoms with Crippen LogP contribution in [0.5, 0.6) is 0 Å². The first-order valence-corrected chi connectivity index (χ1v) is 28.5. The highest BCUT2D eigenvalue weighted by Gasteiger charge is 2.50. The Morgan fingerprint density at radius 2 is 1.39 bits per heavy atom. The van der Waals surface area contributed by atoms with Gasteiger partial charge in [-0.1, -0.05) is 115 Å². The Kier molecular flexibility index (Phi) is 21.5. The summed E-state index contributed by atoms with van der Waals surface area (Å²) in [6.07, 6.45) is 3.48. The Morgan fingerprint density at radius 3 is 2.00 bits per heavy atom. The summed E-state index contributed by atoms with van der Waals surface area (Å²) in [6, 6.07) is 9.56. The predicted octanol–water partition coefficient (Wildman–Crippen LogP) is -0.906. The van der Waals surface area contributed by atoms with Crippen molar-refractivity contribution in [3.8, 4) is 0 Å². The van der Waals surface area contributed by atoms with Crippen LogP contribution in [0.15, 0.2) is 65.7 Å². The van der Waals surface area contributed by atoms with E-state index < -0.39 is 119 Å². The second-order valence-corrected chi connectivity index (χ2v) is 23.0. The van der Waals surface area contributed by atoms with Gasteiger partial charge in [-0.3, -0.25) is 52.9 Å². The van der Waals surface area contributed by atoms with E-state index in [4.69, 9.17) is 22.9 Å². The van der Waals surface area contributed by atoms with E-state index in [1.54, 1.807) is 18.7 Å². The van der Waals surface area contributed by atoms with Gasteiger partial charge in [0.15, 0.2) is 5.96 Å². The first kappa shape index (κ1) is 59.4. The third-order valence-electron chi connectivity index (χ3n) is 14.3. The molecule has 5 aliphatic rings. The van der Waals surface area contributed by atoms with Crippen LogP contribution in [0.3, 0.4) is 0 Å². The van der Waals surface area contributed by atoms with E-state index >= 15 is 14.4 Å². The van der Waals surface area contributed by atoms with Crippen molar-refractivity contribution < 1.29 is 47.9 Å². The third kappa shape index (κ3) is 16.1. The minimum absolute atomic E-state index is 0.00420. The molecule has 0 aromatic heterocycles. The van der Waals surface area contributed by atoms with Gasteiger partial charge in [0.2, 0.25) is 59.1 Å². The Labute approximate surface area is 456 Å². The van der Waals surface area contributed by atoms with E-state index in [0.29, 0.717) is 32.1 Å². The normalized spacial score (nSPS) is 23.9. The Morgan fingerprint density at radius 1 is 0.753 bits per heavy atom. The molecular formula is C52H73N13O10S2. The topological polar surface area (TPSA) is 357 Å². The number of fused-ring (bicyclic) bond motifs is 14. The Hall–Kier alpha value is -6.89. The molecule has 7 rings (SSSR count). The van der Waals surface area contributed by atoms with Crippen LogP contribution in [0.1, 0.15) is 89.2 Å². The molecule has 25 heteroatoms. The van der Waals surface area contributed by atoms with Crippen LogP contribution >= 0.6 is 21.6 Å². The molecule has 10 amide bonds. The van der Waals surface area contributed by atoms with Gasteiger partial charge >= 0.3 is 0 Å². The summed E-state index contributed by atoms with van der Waals surface area (Å²) in [4.78, 5) is 150. The lowest BCUT2D eigenvalue weighted by molar-refractivity contribution is -0.157. The first-order valence-electron chi connectivity index (χ1n) is 26.2. The van der Waals surface area contributed by atoms with Gasteiger partial charge < -0.3 is 64.2 Å². The monoisotopic (exact) mass is 1100 g/mol. The van der Waals surface area contributed by atoms with E-state index in [0.717, 1.165) is 28.3 Å². The van der Waals surface area contributed by atoms with E-state index in [2.05, 4.69) is 31.6 Å². The minimum atomic E-state index is -1.65. The zero-order valence-electron chi connectivity index (χ0n) is 43.6. The summed E-state index contributed by atoms with van der Waals surface area (Å²) in [5.74, 6) is -7.99. The number of benzene rings is 2. The van der Waals surface area contributed by atoms with Crippen molar-refractivity contribution in [1.82, 2.24) is 41.3 Å². The van der Waals surface area contributed by atoms with Gasteiger partial charge in [0, 0.05) is 44.8 Å². The number of piperazine rings is 1. The largest absolute Gasteiger partial charge is 0.370 e. The summed E-state index contributed by atoms with van der Waals surface area (Å²) in [6.45, 7) is 3.14. The molecule has 418 valence electrons. The van der Waals surface area contributed by atoms with E-state index in [1.807, 2.05) is 60.7 Å². The number of carbonyl (C=O) groups excluding carboxylic acids is 10. The van der Waals surface area contributed by atoms with Crippen LogP contribution in [0.4, 0.5) is 0 Å². The molecular weight excluding hydrogens is 1030 g/mol. The number of carbonyl (C=O) groups is 10. The van der Waals surface area contributed by atoms with Crippen LogP contribution in [0.25, 0.3) is 0 Å². The van der Waals surface area contributed by atoms with Gasteiger partial charge in [0.25, 0.3) is 0 Å². The maximum atomic E-state index is 15.5. The van der Waals surface area contributed by atoms with Gasteiger partial charge in [-0.05, 0) is 55.6 Å². The minimum Gasteiger partial charge on any atom is -0.370 e. The number of nitrogens with zero attached hydrogens (tertiary/aromatic N) is 4. The van der Waals surface area contributed by atoms with Gasteiger partial charge in [-0.25, -0.2) is 0 Å². The average Bonchev–Trinajstić information content (AvgIpc) is 3.91. The van der Waals surface area contributed by atoms with Crippen LogP contribution in [-0.2, 0) is 60.8 Å². The fourth-order valence-electron chi connectivity index (χ4n) is 10.3. The molecule has 4 aliphatic heterocycles. The van der Waals surface area contributed by atoms with Crippen molar-refractivity contribution in [3.63, 3.8) is 0 Å². The number of hydrogen-bond acceptors (Lipinski definition) is 13. The quantitative estimate of drug-likeness (QED) is 0.0305. The number of likely N-dealkylation sites (tertiary alicyclic amines) is 1. The lowest BCUT2D eigenvalue weighted by Gasteiger charge is -2.47. The fourth-order valence-corrected chi connectivity index (χ4v) is 13.6. The second kappa shape index (κ2) is 27.9. The number of rotatable bonds is 17. The predicted molar refractivity (Wildman–Crippen MR) is 290 cm³/mol. The van der Waals surface area contributed by atoms with E-state index in [9.17, 15) is 33.6 Å². The molecule has 1 spiro atoms. The van der Waals surface area contributed by atoms with E-state index in [1.165, 1.54) is 20.6 Å². The summed E-state index contributed by atoms with van der Waals surface area (Å²) in [7, 11) is 2.42. The molecule has 2 aromatic carbocycles. The highest BCUT2D eigenvalue weighted by molar-refractivity contribution is 8.77. The van der Waals surface area contributed by atoms with Crippen molar-refractivity contribution in [2.24, 2.45) is 33.8 Å². The third-order valence-corrected chi connectivity index (χ3v) is 17.5. The molecule has 0 unspecified atom stereocenters. The molecule has 4 saturated heterocycles. The highest BCUT2D eigenvalue weighted by Crippen LogP contribution is 2.48. The lowest BCUT2D eigenvalue weighted by Crippen LogP contribution is -2.67. The van der Waals surface area contributed by atoms with Gasteiger partial charge in [0.05, 0.1) is 13.0 Å². The number of amides is 10. The number of primary amides is 2. The van der Waals surface area contributed by atoms with Crippen molar-refractivity contribution >= 4 is 86.6 Å². The summed E-state index contributed by atoms with van der Waals surface area (Å²) < 4.78 is -1.09. The molecule has 0 radical (unpaired) electrons. The zero-order chi connectivity index (χ0) is 55.8. The second-order valence-electron chi connectivity index (χ2n) is 20.3. The fraction of sp³-hybridized carbons (Fsp3) is 0.558. The number of hydrogen-bond donors (Lipinski definition) is 9. The Balaban J connectivity index is 1.38. The van der Waals surface area contributed by atoms with Crippen molar-refractivity contribution in [2.75, 3.05) is 38.5 Å². The molecule has 77 heavy (non-hydrogen) atoms. The van der Waals surface area contributed by atoms with Gasteiger partial charge in [-0.15, -0.1) is 0 Å². The first-order chi connectivity index (χ1) is 36.8. The number of nitrogens with one attached hydrogen (secondary N) is 5. The number of nitrogens with two attached hydrogens (primary N) is 4. The molecule has 5 fully saturated rings. The SMILES string of the molecule is CC(C)[C@@H]1NC(=O)[C@H](Cc2ccccc2)N2CCN(C(=O)C3(CCCCC3)SSC[C@@H](C(=O)N3CCC[C@H]3C(=O)N[C@@H](CCCN=C(N)N)C(=O)NCC(N)=O)NC(=O)[C@H](CC(N)=O)NC1=O)[C@@H](Cc1ccccc1)C2=O. The van der Waals surface area contributed by atoms with Crippen LogP contribution in [0, 0.1) is 5.92 Å². The highest BCUT2D eigenvalue weighted by atomic mass is 33.1. The van der Waals surface area contributed by atoms with Crippen LogP contribution in [-0.4, -0.2) is 165 Å². The zero-order valence-corrected chi connectivity index (χ0v) is 45.3. The molecule has 4 heterocycles. The van der Waals surface area contributed by atoms with Crippen LogP contribution < -0.4 is 49.5 Å². The molecule has 2 bridgehead atoms. The average molecular weight is 1100 g/mol. The summed E-state index contributed by atoms with van der Waals surface area (Å²) in [5, 5.41) is 13.3. The smallest absolute Gasteiger partial charge is 0.246 e. The maximum Gasteiger partial charge on any atom is 0.246 e. The van der Waals surface area contributed by atoms with Gasteiger partial charge in [0.1, 0.15) is 47.0 Å². The molecule has 1 aliphatic carbocycles. The van der Waals surface area contributed by atoms with Crippen molar-refractivity contribution in [2.45, 2.75) is 138 Å². The Bertz CT molecular complexity index is 2500. The molecule has 13 N–H and O–H groups in total. The molecule has 7 atom stereocenters. The lowest BCUT2D eigenvalue weighted by atomic mass is 9.86. The standard InChI is InChI=1S/C52H73N13O10S2/c1-31(2)42-47(72)60-35(28-40(53)66)44(69)61-36(48(73)63-23-13-19-37(63)45(70)59-34(18-12-22-57-51(55)56)43(68)58-29-41(54)67)30-76-77-52(20-10-5-11-21-52)50(75)65-25-24-64(49(74)39(65)27-33-16-8-4-9-17-33)38(46(71)62-42)26-32-14-6-3-7-15-32/h3-4,6-9,14-17,31,34-39,42H,5,10-13,18-30H2,1-2H3,(H2,53,66)(H2,54,67)(H,58,68)(H,59,70)(H,60,72)(H,61,69)(H,62,71)(H4,55,56,57)/t34-,35-,36-,37-,38-,39-,42-/m0/s1. The van der Waals surface area contributed by atoms with Crippen molar-refractivity contribution in [1.29, 1.82) is 0 Å². The number of guanidine groups is 1. The van der Waals surface area contributed by atoms with Crippen molar-refractivity contribution in [3.05, 3.63) is 71.8 Å². The van der Waals surface area contributed by atoms with E-state index in [-0.39, 0.29) is 75.9 Å².